The third-order valence-electron chi connectivity index (χ3n) is 2.82. The molecule has 0 bridgehead atoms. The number of nitro benzene ring substituents is 1. The second-order valence-electron chi connectivity index (χ2n) is 4.15. The van der Waals surface area contributed by atoms with Gasteiger partial charge in [0.05, 0.1) is 15.8 Å². The number of carboxylic acid groups (broad SMARTS) is 1. The van der Waals surface area contributed by atoms with E-state index in [1.165, 1.54) is 30.5 Å². The number of benzene rings is 1. The molecule has 0 spiro atoms. The molecule has 7 nitrogen and oxygen atoms in total. The average molecular weight is 274 g/mol. The average Bonchev–Trinajstić information content (AvgIpc) is 2.40. The van der Waals surface area contributed by atoms with Gasteiger partial charge in [0.25, 0.3) is 5.69 Å². The zero-order valence-corrected chi connectivity index (χ0v) is 10.4. The number of carbonyl (C=O) groups is 1. The third kappa shape index (κ3) is 2.41. The summed E-state index contributed by atoms with van der Waals surface area (Å²) in [7, 11) is 1.67. The van der Waals surface area contributed by atoms with Crippen molar-refractivity contribution in [1.29, 1.82) is 0 Å². The number of aliphatic carboxylic acids is 1. The van der Waals surface area contributed by atoms with Gasteiger partial charge in [-0.25, -0.2) is 4.79 Å². The van der Waals surface area contributed by atoms with E-state index >= 15 is 0 Å². The quantitative estimate of drug-likeness (QED) is 0.519. The van der Waals surface area contributed by atoms with Gasteiger partial charge in [0.15, 0.2) is 5.43 Å². The second-order valence-corrected chi connectivity index (χ2v) is 4.15. The highest BCUT2D eigenvalue weighted by molar-refractivity contribution is 5.87. The van der Waals surface area contributed by atoms with Gasteiger partial charge < -0.3 is 9.67 Å². The largest absolute Gasteiger partial charge is 0.478 e. The van der Waals surface area contributed by atoms with Crippen LogP contribution in [0.5, 0.6) is 0 Å². The zero-order valence-electron chi connectivity index (χ0n) is 10.4. The molecule has 0 aliphatic carbocycles. The predicted molar refractivity (Wildman–Crippen MR) is 72.5 cm³/mol. The fraction of sp³-hybridized carbons (Fsp3) is 0.0769. The van der Waals surface area contributed by atoms with Gasteiger partial charge in [-0.15, -0.1) is 0 Å². The monoisotopic (exact) mass is 274 g/mol. The van der Waals surface area contributed by atoms with Gasteiger partial charge in [0.2, 0.25) is 0 Å². The van der Waals surface area contributed by atoms with Gasteiger partial charge in [-0.3, -0.25) is 14.9 Å². The molecule has 0 fully saturated rings. The van der Waals surface area contributed by atoms with Crippen molar-refractivity contribution in [2.45, 2.75) is 0 Å². The molecule has 2 aromatic rings. The van der Waals surface area contributed by atoms with Crippen LogP contribution in [-0.2, 0) is 11.8 Å². The Bertz CT molecular complexity index is 804. The Morgan fingerprint density at radius 3 is 2.75 bits per heavy atom. The van der Waals surface area contributed by atoms with E-state index in [4.69, 9.17) is 5.11 Å². The van der Waals surface area contributed by atoms with Crippen molar-refractivity contribution in [1.82, 2.24) is 4.57 Å². The topological polar surface area (TPSA) is 102 Å². The van der Waals surface area contributed by atoms with Crippen LogP contribution in [0.15, 0.2) is 35.3 Å². The summed E-state index contributed by atoms with van der Waals surface area (Å²) in [6.07, 6.45) is 3.50. The smallest absolute Gasteiger partial charge is 0.328 e. The number of non-ortho nitro benzene ring substituents is 1. The Balaban J connectivity index is 2.75. The van der Waals surface area contributed by atoms with Crippen molar-refractivity contribution in [3.63, 3.8) is 0 Å². The molecule has 0 unspecified atom stereocenters. The highest BCUT2D eigenvalue weighted by Gasteiger charge is 2.11. The van der Waals surface area contributed by atoms with Crippen molar-refractivity contribution in [2.75, 3.05) is 0 Å². The number of rotatable bonds is 3. The second kappa shape index (κ2) is 4.96. The number of fused-ring (bicyclic) bond motifs is 1. The van der Waals surface area contributed by atoms with Crippen LogP contribution in [0.3, 0.4) is 0 Å². The summed E-state index contributed by atoms with van der Waals surface area (Å²) in [6.45, 7) is 0. The number of nitrogens with zero attached hydrogens (tertiary/aromatic N) is 2. The van der Waals surface area contributed by atoms with E-state index in [1.807, 2.05) is 0 Å². The minimum absolute atomic E-state index is 0.155. The lowest BCUT2D eigenvalue weighted by atomic mass is 10.1. The highest BCUT2D eigenvalue weighted by atomic mass is 16.6. The van der Waals surface area contributed by atoms with Gasteiger partial charge in [-0.05, 0) is 12.1 Å². The number of carboxylic acids is 1. The van der Waals surface area contributed by atoms with Crippen molar-refractivity contribution < 1.29 is 14.8 Å². The van der Waals surface area contributed by atoms with Crippen LogP contribution in [0.2, 0.25) is 0 Å². The van der Waals surface area contributed by atoms with E-state index in [-0.39, 0.29) is 16.6 Å². The Kier molecular flexibility index (Phi) is 3.34. The SMILES string of the molecule is Cn1cc(C=CC(=O)O)c(=O)c2cc([N+](=O)[O-])ccc21. The van der Waals surface area contributed by atoms with Gasteiger partial charge in [-0.1, -0.05) is 0 Å². The lowest BCUT2D eigenvalue weighted by molar-refractivity contribution is -0.384. The summed E-state index contributed by atoms with van der Waals surface area (Å²) < 4.78 is 1.61. The Hall–Kier alpha value is -2.96. The summed E-state index contributed by atoms with van der Waals surface area (Å²) in [5, 5.41) is 19.5. The molecule has 0 aliphatic heterocycles. The van der Waals surface area contributed by atoms with Crippen molar-refractivity contribution in [3.8, 4) is 0 Å². The molecule has 0 saturated heterocycles. The van der Waals surface area contributed by atoms with E-state index in [2.05, 4.69) is 0 Å². The molecule has 1 aromatic heterocycles. The van der Waals surface area contributed by atoms with Gasteiger partial charge >= 0.3 is 5.97 Å². The van der Waals surface area contributed by atoms with E-state index in [0.717, 1.165) is 6.08 Å². The summed E-state index contributed by atoms with van der Waals surface area (Å²) in [5.41, 5.74) is 0.0595. The summed E-state index contributed by atoms with van der Waals surface area (Å²) in [6, 6.07) is 3.99. The highest BCUT2D eigenvalue weighted by Crippen LogP contribution is 2.18. The zero-order chi connectivity index (χ0) is 14.9. The molecular formula is C13H10N2O5. The first kappa shape index (κ1) is 13.5. The molecule has 1 N–H and O–H groups in total. The molecule has 0 atom stereocenters. The Morgan fingerprint density at radius 2 is 2.15 bits per heavy atom. The molecule has 102 valence electrons. The first-order valence-electron chi connectivity index (χ1n) is 5.59. The van der Waals surface area contributed by atoms with E-state index < -0.39 is 16.3 Å². The lowest BCUT2D eigenvalue weighted by Gasteiger charge is -2.06. The fourth-order valence-corrected chi connectivity index (χ4v) is 1.90. The molecule has 0 aliphatic rings. The summed E-state index contributed by atoms with van der Waals surface area (Å²) >= 11 is 0. The van der Waals surface area contributed by atoms with Crippen molar-refractivity contribution in [2.24, 2.45) is 7.05 Å². The Labute approximate surface area is 112 Å². The van der Waals surface area contributed by atoms with Gasteiger partial charge in [0.1, 0.15) is 0 Å². The predicted octanol–water partition coefficient (Wildman–Crippen LogP) is 1.54. The standard InChI is InChI=1S/C13H10N2O5/c1-14-7-8(2-5-12(16)17)13(18)10-6-9(15(19)20)3-4-11(10)14/h2-7H,1H3,(H,16,17). The number of aromatic nitrogens is 1. The number of hydrogen-bond donors (Lipinski definition) is 1. The molecule has 1 aromatic carbocycles. The Morgan fingerprint density at radius 1 is 1.45 bits per heavy atom. The maximum absolute atomic E-state index is 12.2. The van der Waals surface area contributed by atoms with Crippen LogP contribution in [-0.4, -0.2) is 20.6 Å². The minimum Gasteiger partial charge on any atom is -0.478 e. The number of hydrogen-bond acceptors (Lipinski definition) is 4. The third-order valence-corrected chi connectivity index (χ3v) is 2.82. The fourth-order valence-electron chi connectivity index (χ4n) is 1.90. The molecule has 0 saturated carbocycles. The van der Waals surface area contributed by atoms with E-state index in [1.54, 1.807) is 11.6 Å². The molecular weight excluding hydrogens is 264 g/mol. The molecule has 20 heavy (non-hydrogen) atoms. The minimum atomic E-state index is -1.17. The maximum Gasteiger partial charge on any atom is 0.328 e. The van der Waals surface area contributed by atoms with Crippen molar-refractivity contribution in [3.05, 3.63) is 56.4 Å². The van der Waals surface area contributed by atoms with Crippen LogP contribution in [0.4, 0.5) is 5.69 Å². The van der Waals surface area contributed by atoms with Crippen LogP contribution in [0.25, 0.3) is 17.0 Å². The lowest BCUT2D eigenvalue weighted by Crippen LogP contribution is -2.11. The van der Waals surface area contributed by atoms with E-state index in [0.29, 0.717) is 5.52 Å². The summed E-state index contributed by atoms with van der Waals surface area (Å²) in [4.78, 5) is 32.8. The molecule has 7 heteroatoms. The van der Waals surface area contributed by atoms with Crippen LogP contribution in [0.1, 0.15) is 5.56 Å². The van der Waals surface area contributed by atoms with Crippen LogP contribution in [0, 0.1) is 10.1 Å². The summed E-state index contributed by atoms with van der Waals surface area (Å²) in [5.74, 6) is -1.17. The molecule has 0 radical (unpaired) electrons. The molecule has 1 heterocycles. The van der Waals surface area contributed by atoms with Gasteiger partial charge in [0, 0.05) is 37.0 Å². The first-order chi connectivity index (χ1) is 9.40. The van der Waals surface area contributed by atoms with Gasteiger partial charge in [-0.2, -0.15) is 0 Å². The number of nitro groups is 1. The number of aryl methyl sites for hydroxylation is 1. The first-order valence-corrected chi connectivity index (χ1v) is 5.59. The maximum atomic E-state index is 12.2. The molecule has 2 rings (SSSR count). The van der Waals surface area contributed by atoms with E-state index in [9.17, 15) is 19.7 Å². The van der Waals surface area contributed by atoms with Crippen LogP contribution < -0.4 is 5.43 Å². The normalized spacial score (nSPS) is 11.1. The van der Waals surface area contributed by atoms with Crippen LogP contribution >= 0.6 is 0 Å². The molecule has 0 amide bonds. The van der Waals surface area contributed by atoms with Crippen molar-refractivity contribution >= 4 is 28.6 Å². The number of pyridine rings is 1.